The van der Waals surface area contributed by atoms with E-state index in [-0.39, 0.29) is 6.10 Å². The van der Waals surface area contributed by atoms with E-state index >= 15 is 0 Å². The van der Waals surface area contributed by atoms with Crippen molar-refractivity contribution in [2.45, 2.75) is 18.6 Å². The number of aromatic nitrogens is 5. The molecule has 2 aromatic carbocycles. The number of aliphatic hydroxyl groups excluding tert-OH is 1. The predicted molar refractivity (Wildman–Crippen MR) is 133 cm³/mol. The number of hydrogen-bond donors (Lipinski definition) is 3. The number of thiazole rings is 1. The molecule has 0 amide bonds. The monoisotopic (exact) mass is 473 g/mol. The van der Waals surface area contributed by atoms with Gasteiger partial charge in [0.2, 0.25) is 0 Å². The number of aryl methyl sites for hydroxylation is 1. The van der Waals surface area contributed by atoms with E-state index in [0.717, 1.165) is 44.5 Å². The second-order valence-corrected chi connectivity index (χ2v) is 9.26. The summed E-state index contributed by atoms with van der Waals surface area (Å²) in [4.78, 5) is 13.4. The van der Waals surface area contributed by atoms with Crippen molar-refractivity contribution >= 4 is 44.0 Å². The van der Waals surface area contributed by atoms with Crippen LogP contribution in [-0.2, 0) is 7.05 Å². The van der Waals surface area contributed by atoms with Crippen LogP contribution in [-0.4, -0.2) is 55.1 Å². The Hall–Kier alpha value is -3.60. The fraction of sp³-hybridized carbons (Fsp3) is 0.250. The van der Waals surface area contributed by atoms with Crippen LogP contribution in [0, 0.1) is 0 Å². The van der Waals surface area contributed by atoms with Gasteiger partial charge >= 0.3 is 0 Å². The summed E-state index contributed by atoms with van der Waals surface area (Å²) in [5.41, 5.74) is 6.34. The van der Waals surface area contributed by atoms with E-state index in [4.69, 9.17) is 4.74 Å². The molecule has 1 aliphatic rings. The minimum Gasteiger partial charge on any atom is -0.486 e. The van der Waals surface area contributed by atoms with Gasteiger partial charge in [0, 0.05) is 31.0 Å². The second kappa shape index (κ2) is 8.64. The summed E-state index contributed by atoms with van der Waals surface area (Å²) >= 11 is 1.59. The van der Waals surface area contributed by atoms with E-state index in [0.29, 0.717) is 24.5 Å². The molecule has 1 unspecified atom stereocenters. The third-order valence-electron chi connectivity index (χ3n) is 6.00. The molecule has 3 N–H and O–H groups in total. The van der Waals surface area contributed by atoms with Crippen LogP contribution in [0.3, 0.4) is 0 Å². The van der Waals surface area contributed by atoms with Crippen LogP contribution in [0.1, 0.15) is 6.42 Å². The zero-order chi connectivity index (χ0) is 23.1. The Bertz CT molecular complexity index is 1480. The Morgan fingerprint density at radius 1 is 1.15 bits per heavy atom. The van der Waals surface area contributed by atoms with Gasteiger partial charge < -0.3 is 20.5 Å². The lowest BCUT2D eigenvalue weighted by molar-refractivity contribution is 0.0167. The van der Waals surface area contributed by atoms with Crippen molar-refractivity contribution in [2.24, 2.45) is 7.05 Å². The summed E-state index contributed by atoms with van der Waals surface area (Å²) in [6, 6.07) is 10.0. The summed E-state index contributed by atoms with van der Waals surface area (Å²) in [5, 5.41) is 22.3. The fourth-order valence-corrected chi connectivity index (χ4v) is 4.96. The maximum absolute atomic E-state index is 10.5. The van der Waals surface area contributed by atoms with Gasteiger partial charge in [-0.2, -0.15) is 5.10 Å². The number of nitrogens with one attached hydrogen (secondary N) is 2. The van der Waals surface area contributed by atoms with Crippen molar-refractivity contribution in [3.63, 3.8) is 0 Å². The maximum Gasteiger partial charge on any atom is 0.145 e. The van der Waals surface area contributed by atoms with Crippen molar-refractivity contribution in [1.82, 2.24) is 30.0 Å². The molecular formula is C24H23N7O2S. The van der Waals surface area contributed by atoms with E-state index in [1.165, 1.54) is 0 Å². The van der Waals surface area contributed by atoms with Crippen LogP contribution in [0.4, 0.5) is 11.5 Å². The van der Waals surface area contributed by atoms with Gasteiger partial charge in [0.1, 0.15) is 24.0 Å². The van der Waals surface area contributed by atoms with Crippen molar-refractivity contribution in [3.05, 3.63) is 54.6 Å². The molecule has 10 heteroatoms. The molecule has 4 heterocycles. The molecule has 6 rings (SSSR count). The number of anilines is 2. The number of aliphatic hydroxyl groups is 1. The van der Waals surface area contributed by atoms with Gasteiger partial charge in [0.15, 0.2) is 0 Å². The molecule has 5 aromatic rings. The Balaban J connectivity index is 1.46. The van der Waals surface area contributed by atoms with E-state index in [1.807, 2.05) is 49.2 Å². The average molecular weight is 474 g/mol. The number of rotatable bonds is 5. The lowest BCUT2D eigenvalue weighted by Gasteiger charge is -2.29. The van der Waals surface area contributed by atoms with Crippen molar-refractivity contribution in [2.75, 3.05) is 18.4 Å². The van der Waals surface area contributed by atoms with Gasteiger partial charge in [-0.15, -0.1) is 11.3 Å². The van der Waals surface area contributed by atoms with Crippen LogP contribution in [0.2, 0.25) is 0 Å². The Morgan fingerprint density at radius 2 is 2.09 bits per heavy atom. The molecule has 0 saturated carbocycles. The standard InChI is InChI=1S/C24H23N7O2S/c1-31-11-15(9-29-31)14-6-18-23(20(7-14)33-21-10-25-5-4-19(21)32)24(27-12-26-18)30-16-2-3-17-22(8-16)34-13-28-17/h2-3,6-9,11-13,19,21,25,32H,4-5,10H2,1H3,(H,26,27,30)/t19?,21-/m0/s1. The van der Waals surface area contributed by atoms with E-state index in [9.17, 15) is 5.11 Å². The van der Waals surface area contributed by atoms with Crippen molar-refractivity contribution in [3.8, 4) is 16.9 Å². The van der Waals surface area contributed by atoms with Crippen molar-refractivity contribution in [1.29, 1.82) is 0 Å². The maximum atomic E-state index is 10.5. The smallest absolute Gasteiger partial charge is 0.145 e. The molecule has 0 radical (unpaired) electrons. The highest BCUT2D eigenvalue weighted by Crippen LogP contribution is 2.37. The molecular weight excluding hydrogens is 450 g/mol. The number of nitrogens with zero attached hydrogens (tertiary/aromatic N) is 5. The minimum absolute atomic E-state index is 0.373. The molecule has 9 nitrogen and oxygen atoms in total. The molecule has 0 bridgehead atoms. The summed E-state index contributed by atoms with van der Waals surface area (Å²) in [5.74, 6) is 1.26. The third-order valence-corrected chi connectivity index (χ3v) is 6.80. The number of benzene rings is 2. The number of hydrogen-bond acceptors (Lipinski definition) is 9. The topological polar surface area (TPSA) is 110 Å². The lowest BCUT2D eigenvalue weighted by atomic mass is 10.0. The first kappa shape index (κ1) is 21.0. The third kappa shape index (κ3) is 3.96. The van der Waals surface area contributed by atoms with E-state index < -0.39 is 6.10 Å². The van der Waals surface area contributed by atoms with Gasteiger partial charge in [0.25, 0.3) is 0 Å². The highest BCUT2D eigenvalue weighted by atomic mass is 32.1. The molecule has 1 aliphatic heterocycles. The summed E-state index contributed by atoms with van der Waals surface area (Å²) in [7, 11) is 1.89. The fourth-order valence-electron chi connectivity index (χ4n) is 4.25. The van der Waals surface area contributed by atoms with Crippen LogP contribution in [0.15, 0.2) is 54.6 Å². The Labute approximate surface area is 199 Å². The molecule has 1 saturated heterocycles. The molecule has 34 heavy (non-hydrogen) atoms. The first-order valence-corrected chi connectivity index (χ1v) is 12.0. The Kier molecular flexibility index (Phi) is 5.33. The highest BCUT2D eigenvalue weighted by Gasteiger charge is 2.26. The van der Waals surface area contributed by atoms with Gasteiger partial charge in [-0.1, -0.05) is 0 Å². The van der Waals surface area contributed by atoms with Gasteiger partial charge in [0.05, 0.1) is 38.9 Å². The average Bonchev–Trinajstić information content (AvgIpc) is 3.49. The summed E-state index contributed by atoms with van der Waals surface area (Å²) in [6.45, 7) is 1.34. The van der Waals surface area contributed by atoms with Crippen LogP contribution in [0.5, 0.6) is 5.75 Å². The van der Waals surface area contributed by atoms with Crippen LogP contribution in [0.25, 0.3) is 32.2 Å². The van der Waals surface area contributed by atoms with Gasteiger partial charge in [-0.25, -0.2) is 15.0 Å². The van der Waals surface area contributed by atoms with Gasteiger partial charge in [-0.3, -0.25) is 4.68 Å². The molecule has 2 atom stereocenters. The van der Waals surface area contributed by atoms with E-state index in [2.05, 4.69) is 36.8 Å². The van der Waals surface area contributed by atoms with Crippen LogP contribution >= 0.6 is 11.3 Å². The predicted octanol–water partition coefficient (Wildman–Crippen LogP) is 3.49. The highest BCUT2D eigenvalue weighted by molar-refractivity contribution is 7.16. The molecule has 0 spiro atoms. The molecule has 1 fully saturated rings. The zero-order valence-electron chi connectivity index (χ0n) is 18.5. The SMILES string of the molecule is Cn1cc(-c2cc(O[C@H]3CNCCC3O)c3c(Nc4ccc5ncsc5c4)ncnc3c2)cn1. The second-order valence-electron chi connectivity index (χ2n) is 8.37. The largest absolute Gasteiger partial charge is 0.486 e. The van der Waals surface area contributed by atoms with E-state index in [1.54, 1.807) is 22.3 Å². The molecule has 172 valence electrons. The minimum atomic E-state index is -0.548. The van der Waals surface area contributed by atoms with Crippen LogP contribution < -0.4 is 15.4 Å². The number of fused-ring (bicyclic) bond motifs is 2. The quantitative estimate of drug-likeness (QED) is 0.356. The number of piperidine rings is 1. The van der Waals surface area contributed by atoms with Crippen molar-refractivity contribution < 1.29 is 9.84 Å². The Morgan fingerprint density at radius 3 is 2.94 bits per heavy atom. The lowest BCUT2D eigenvalue weighted by Crippen LogP contribution is -2.47. The molecule has 0 aliphatic carbocycles. The summed E-state index contributed by atoms with van der Waals surface area (Å²) in [6.07, 6.45) is 5.03. The zero-order valence-corrected chi connectivity index (χ0v) is 19.3. The normalized spacial score (nSPS) is 18.4. The summed E-state index contributed by atoms with van der Waals surface area (Å²) < 4.78 is 9.27. The first-order valence-electron chi connectivity index (χ1n) is 11.1. The van der Waals surface area contributed by atoms with Gasteiger partial charge in [-0.05, 0) is 48.9 Å². The molecule has 3 aromatic heterocycles. The number of ether oxygens (including phenoxy) is 1. The first-order chi connectivity index (χ1) is 16.6.